The molecule has 0 saturated heterocycles. The Morgan fingerprint density at radius 1 is 0.333 bits per heavy atom. The maximum absolute atomic E-state index is 2.29. The lowest BCUT2D eigenvalue weighted by Crippen LogP contribution is -1.82. The third-order valence-corrected chi connectivity index (χ3v) is 3.71. The van der Waals surface area contributed by atoms with Gasteiger partial charge < -0.3 is 0 Å². The predicted molar refractivity (Wildman–Crippen MR) is 87.3 cm³/mol. The van der Waals surface area contributed by atoms with E-state index in [1.165, 1.54) is 96.3 Å². The third-order valence-electron chi connectivity index (χ3n) is 3.71. The van der Waals surface area contributed by atoms with Gasteiger partial charge in [0.2, 0.25) is 0 Å². The van der Waals surface area contributed by atoms with Gasteiger partial charge in [-0.3, -0.25) is 0 Å². The average molecular weight is 257 g/mol. The Bertz CT molecular complexity index is 103. The second-order valence-electron chi connectivity index (χ2n) is 5.60. The van der Waals surface area contributed by atoms with Crippen LogP contribution < -0.4 is 0 Å². The topological polar surface area (TPSA) is 0 Å². The summed E-state index contributed by atoms with van der Waals surface area (Å²) in [5.41, 5.74) is 0. The van der Waals surface area contributed by atoms with Crippen molar-refractivity contribution in [2.24, 2.45) is 0 Å². The molecule has 0 aromatic heterocycles. The van der Waals surface area contributed by atoms with Crippen molar-refractivity contribution in [2.75, 3.05) is 0 Å². The first kappa shape index (κ1) is 20.3. The summed E-state index contributed by atoms with van der Waals surface area (Å²) in [6, 6.07) is 0. The molecular formula is C18H40. The number of unbranched alkanes of at least 4 members (excludes halogenated alkanes) is 14. The Morgan fingerprint density at radius 3 is 0.667 bits per heavy atom. The quantitative estimate of drug-likeness (QED) is 0.282. The summed E-state index contributed by atoms with van der Waals surface area (Å²) in [6.45, 7) is 4.58. The molecule has 0 aliphatic heterocycles. The Kier molecular flexibility index (Phi) is 21.8. The van der Waals surface area contributed by atoms with E-state index in [0.717, 1.165) is 0 Å². The van der Waals surface area contributed by atoms with Crippen molar-refractivity contribution in [1.82, 2.24) is 0 Å². The molecule has 0 rings (SSSR count). The van der Waals surface area contributed by atoms with Gasteiger partial charge in [-0.1, -0.05) is 118 Å². The highest BCUT2D eigenvalue weighted by Gasteiger charge is 1.93. The monoisotopic (exact) mass is 256 g/mol. The molecule has 0 aromatic rings. The Labute approximate surface area is 118 Å². The zero-order chi connectivity index (χ0) is 12.6. The minimum absolute atomic E-state index is 0. The van der Waals surface area contributed by atoms with E-state index >= 15 is 0 Å². The highest BCUT2D eigenvalue weighted by molar-refractivity contribution is 4.48. The lowest BCUT2D eigenvalue weighted by Gasteiger charge is -2.02. The van der Waals surface area contributed by atoms with Crippen LogP contribution in [-0.2, 0) is 0 Å². The molecule has 0 aromatic carbocycles. The molecule has 0 saturated carbocycles. The zero-order valence-electron chi connectivity index (χ0n) is 12.6. The maximum Gasteiger partial charge on any atom is -0.0533 e. The largest absolute Gasteiger partial charge is 0.0776 e. The molecule has 112 valence electrons. The first-order valence-corrected chi connectivity index (χ1v) is 8.41. The average Bonchev–Trinajstić information content (AvgIpc) is 2.35. The van der Waals surface area contributed by atoms with Gasteiger partial charge in [-0.2, -0.15) is 0 Å². The number of hydrogen-bond donors (Lipinski definition) is 0. The van der Waals surface area contributed by atoms with Crippen molar-refractivity contribution in [3.05, 3.63) is 0 Å². The minimum atomic E-state index is 0. The van der Waals surface area contributed by atoms with Crippen LogP contribution in [0.4, 0.5) is 0 Å². The fraction of sp³-hybridized carbons (Fsp3) is 1.00. The van der Waals surface area contributed by atoms with Crippen LogP contribution in [0.1, 0.15) is 118 Å². The van der Waals surface area contributed by atoms with Gasteiger partial charge >= 0.3 is 0 Å². The molecule has 0 aliphatic rings. The molecule has 18 heavy (non-hydrogen) atoms. The number of rotatable bonds is 14. The van der Waals surface area contributed by atoms with Crippen LogP contribution in [0.15, 0.2) is 0 Å². The summed E-state index contributed by atoms with van der Waals surface area (Å²) < 4.78 is 0. The highest BCUT2D eigenvalue weighted by Crippen LogP contribution is 2.13. The SMILES string of the molecule is C.CCCCCCCCCCCCCCCCC. The van der Waals surface area contributed by atoms with Crippen LogP contribution in [0.2, 0.25) is 0 Å². The summed E-state index contributed by atoms with van der Waals surface area (Å²) in [5.74, 6) is 0. The van der Waals surface area contributed by atoms with Crippen molar-refractivity contribution < 1.29 is 0 Å². The second kappa shape index (κ2) is 19.3. The van der Waals surface area contributed by atoms with Crippen molar-refractivity contribution in [3.63, 3.8) is 0 Å². The van der Waals surface area contributed by atoms with Crippen LogP contribution in [0.5, 0.6) is 0 Å². The van der Waals surface area contributed by atoms with E-state index < -0.39 is 0 Å². The second-order valence-corrected chi connectivity index (χ2v) is 5.60. The minimum Gasteiger partial charge on any atom is -0.0776 e. The molecule has 0 unspecified atom stereocenters. The summed E-state index contributed by atoms with van der Waals surface area (Å²) in [7, 11) is 0. The molecule has 0 aliphatic carbocycles. The first-order valence-electron chi connectivity index (χ1n) is 8.41. The van der Waals surface area contributed by atoms with Gasteiger partial charge in [-0.15, -0.1) is 0 Å². The molecule has 0 fully saturated rings. The van der Waals surface area contributed by atoms with E-state index in [2.05, 4.69) is 13.8 Å². The lowest BCUT2D eigenvalue weighted by molar-refractivity contribution is 0.534. The van der Waals surface area contributed by atoms with Gasteiger partial charge in [-0.05, 0) is 0 Å². The maximum atomic E-state index is 2.29. The Hall–Kier alpha value is 0. The van der Waals surface area contributed by atoms with Crippen molar-refractivity contribution >= 4 is 0 Å². The fourth-order valence-electron chi connectivity index (χ4n) is 2.44. The van der Waals surface area contributed by atoms with Crippen LogP contribution in [-0.4, -0.2) is 0 Å². The summed E-state index contributed by atoms with van der Waals surface area (Å²) in [4.78, 5) is 0. The highest BCUT2D eigenvalue weighted by atomic mass is 14.0. The van der Waals surface area contributed by atoms with Crippen LogP contribution in [0, 0.1) is 0 Å². The van der Waals surface area contributed by atoms with Crippen molar-refractivity contribution in [2.45, 2.75) is 118 Å². The first-order chi connectivity index (χ1) is 8.41. The molecule has 0 amide bonds. The molecule has 0 atom stereocenters. The van der Waals surface area contributed by atoms with E-state index in [1.54, 1.807) is 0 Å². The van der Waals surface area contributed by atoms with E-state index in [9.17, 15) is 0 Å². The number of hydrogen-bond acceptors (Lipinski definition) is 0. The van der Waals surface area contributed by atoms with Crippen LogP contribution in [0.3, 0.4) is 0 Å². The van der Waals surface area contributed by atoms with E-state index in [1.807, 2.05) is 0 Å². The van der Waals surface area contributed by atoms with E-state index in [4.69, 9.17) is 0 Å². The summed E-state index contributed by atoms with van der Waals surface area (Å²) in [5, 5.41) is 0. The predicted octanol–water partition coefficient (Wildman–Crippen LogP) is 7.51. The van der Waals surface area contributed by atoms with Crippen LogP contribution >= 0.6 is 0 Å². The molecule has 0 nitrogen and oxygen atoms in total. The molecule has 0 heterocycles. The third kappa shape index (κ3) is 18.4. The Morgan fingerprint density at radius 2 is 0.500 bits per heavy atom. The van der Waals surface area contributed by atoms with Gasteiger partial charge in [0.05, 0.1) is 0 Å². The van der Waals surface area contributed by atoms with Gasteiger partial charge in [0.15, 0.2) is 0 Å². The van der Waals surface area contributed by atoms with Gasteiger partial charge in [0.1, 0.15) is 0 Å². The van der Waals surface area contributed by atoms with Gasteiger partial charge in [-0.25, -0.2) is 0 Å². The smallest absolute Gasteiger partial charge is 0.0533 e. The standard InChI is InChI=1S/C17H36.CH4/c1-3-5-7-9-11-13-15-17-16-14-12-10-8-6-4-2;/h3-17H2,1-2H3;1H4. The normalized spacial score (nSPS) is 10.3. The molecular weight excluding hydrogens is 216 g/mol. The van der Waals surface area contributed by atoms with Crippen molar-refractivity contribution in [1.29, 1.82) is 0 Å². The molecule has 0 heteroatoms. The molecule has 0 bridgehead atoms. The Balaban J connectivity index is 0. The summed E-state index contributed by atoms with van der Waals surface area (Å²) in [6.07, 6.45) is 21.9. The molecule has 0 N–H and O–H groups in total. The van der Waals surface area contributed by atoms with Gasteiger partial charge in [0.25, 0.3) is 0 Å². The summed E-state index contributed by atoms with van der Waals surface area (Å²) >= 11 is 0. The van der Waals surface area contributed by atoms with Crippen LogP contribution in [0.25, 0.3) is 0 Å². The zero-order valence-corrected chi connectivity index (χ0v) is 12.6. The van der Waals surface area contributed by atoms with Gasteiger partial charge in [0, 0.05) is 0 Å². The fourth-order valence-corrected chi connectivity index (χ4v) is 2.44. The van der Waals surface area contributed by atoms with E-state index in [0.29, 0.717) is 0 Å². The van der Waals surface area contributed by atoms with Crippen molar-refractivity contribution in [3.8, 4) is 0 Å². The molecule has 0 spiro atoms. The molecule has 0 radical (unpaired) electrons. The van der Waals surface area contributed by atoms with E-state index in [-0.39, 0.29) is 7.43 Å². The lowest BCUT2D eigenvalue weighted by atomic mass is 10.0.